The summed E-state index contributed by atoms with van der Waals surface area (Å²) in [5.41, 5.74) is -2.30. The van der Waals surface area contributed by atoms with Crippen LogP contribution in [0.4, 0.5) is 5.69 Å². The van der Waals surface area contributed by atoms with Gasteiger partial charge in [-0.3, -0.25) is 29.3 Å². The summed E-state index contributed by atoms with van der Waals surface area (Å²) in [4.78, 5) is 73.6. The molecule has 5 rings (SSSR count). The van der Waals surface area contributed by atoms with E-state index in [1.807, 2.05) is 6.92 Å². The molecule has 4 N–H and O–H groups in total. The van der Waals surface area contributed by atoms with E-state index in [1.165, 1.54) is 6.07 Å². The highest BCUT2D eigenvalue weighted by atomic mass is 16.6. The van der Waals surface area contributed by atoms with E-state index in [0.717, 1.165) is 37.7 Å². The lowest BCUT2D eigenvalue weighted by Crippen LogP contribution is -2.62. The highest BCUT2D eigenvalue weighted by Gasteiger charge is 2.68. The Bertz CT molecular complexity index is 1590. The summed E-state index contributed by atoms with van der Waals surface area (Å²) in [5, 5.41) is 46.7. The fourth-order valence-corrected chi connectivity index (χ4v) is 9.38. The number of fused-ring (bicyclic) bond motifs is 5. The summed E-state index contributed by atoms with van der Waals surface area (Å²) < 4.78 is 9.92. The minimum absolute atomic E-state index is 0.0410. The summed E-state index contributed by atoms with van der Waals surface area (Å²) in [6, 6.07) is 2.28. The second-order valence-electron chi connectivity index (χ2n) is 14.5. The number of aliphatic hydroxyl groups excluding tert-OH is 1. The molecule has 1 unspecified atom stereocenters. The number of amides is 1. The summed E-state index contributed by atoms with van der Waals surface area (Å²) >= 11 is 0. The normalized spacial score (nSPS) is 32.4. The van der Waals surface area contributed by atoms with Crippen molar-refractivity contribution in [3.8, 4) is 5.75 Å². The van der Waals surface area contributed by atoms with Crippen molar-refractivity contribution in [2.24, 2.45) is 28.6 Å². The molecule has 14 heteroatoms. The number of phenols is 1. The predicted octanol–water partition coefficient (Wildman–Crippen LogP) is 2.63. The Hall–Kier alpha value is -4.17. The number of nitro benzene ring substituents is 1. The molecule has 0 aromatic heterocycles. The number of Topliss-reactive ketones (excluding diaryl/α,β-unsaturated/α-hetero) is 1. The van der Waals surface area contributed by atoms with Crippen LogP contribution < -0.4 is 5.32 Å². The van der Waals surface area contributed by atoms with Crippen LogP contribution in [0.15, 0.2) is 29.8 Å². The number of rotatable bonds is 11. The number of benzene rings is 1. The Morgan fingerprint density at radius 3 is 2.55 bits per heavy atom. The van der Waals surface area contributed by atoms with Crippen molar-refractivity contribution in [3.63, 3.8) is 0 Å². The van der Waals surface area contributed by atoms with Crippen molar-refractivity contribution < 1.29 is 53.7 Å². The molecule has 0 bridgehead atoms. The predicted molar refractivity (Wildman–Crippen MR) is 171 cm³/mol. The SMILES string of the molecule is COC(=O)C(Cc1ccc(O)c([N+](=O)[O-])c1)NC(=O)CCC(=O)OCC(=O)[C@@]1(O)CC[C@H]2[C@@H]3CCC4=CC(=O)CC[C@]4(C)[C@H]3[C@@H](O)C[C@@]21C. The molecule has 1 amide bonds. The first-order valence-electron chi connectivity index (χ1n) is 16.7. The summed E-state index contributed by atoms with van der Waals surface area (Å²) in [6.07, 6.45) is 3.47. The van der Waals surface area contributed by atoms with Crippen LogP contribution in [0.2, 0.25) is 0 Å². The van der Waals surface area contributed by atoms with E-state index in [1.54, 1.807) is 6.08 Å². The average Bonchev–Trinajstić information content (AvgIpc) is 3.33. The number of ketones is 2. The second-order valence-corrected chi connectivity index (χ2v) is 14.5. The highest BCUT2D eigenvalue weighted by Crippen LogP contribution is 2.67. The third-order valence-corrected chi connectivity index (χ3v) is 11.9. The first-order chi connectivity index (χ1) is 23.0. The maximum Gasteiger partial charge on any atom is 0.328 e. The summed E-state index contributed by atoms with van der Waals surface area (Å²) in [7, 11) is 1.10. The number of hydrogen-bond acceptors (Lipinski definition) is 12. The first-order valence-corrected chi connectivity index (χ1v) is 16.7. The van der Waals surface area contributed by atoms with Gasteiger partial charge in [-0.05, 0) is 79.4 Å². The molecule has 266 valence electrons. The number of methoxy groups -OCH3 is 1. The van der Waals surface area contributed by atoms with Crippen LogP contribution in [0.25, 0.3) is 0 Å². The van der Waals surface area contributed by atoms with Crippen LogP contribution in [0.5, 0.6) is 5.75 Å². The van der Waals surface area contributed by atoms with Gasteiger partial charge < -0.3 is 30.1 Å². The van der Waals surface area contributed by atoms with Crippen LogP contribution in [0.3, 0.4) is 0 Å². The Kier molecular flexibility index (Phi) is 10.0. The minimum Gasteiger partial charge on any atom is -0.502 e. The van der Waals surface area contributed by atoms with Gasteiger partial charge in [0, 0.05) is 30.7 Å². The van der Waals surface area contributed by atoms with Gasteiger partial charge in [0.2, 0.25) is 11.7 Å². The lowest BCUT2D eigenvalue weighted by atomic mass is 9.45. The number of carbonyl (C=O) groups is 5. The first kappa shape index (κ1) is 36.1. The number of nitro groups is 1. The van der Waals surface area contributed by atoms with Crippen molar-refractivity contribution in [1.82, 2.24) is 5.32 Å². The molecule has 0 radical (unpaired) electrons. The Morgan fingerprint density at radius 2 is 1.86 bits per heavy atom. The lowest BCUT2D eigenvalue weighted by molar-refractivity contribution is -0.385. The van der Waals surface area contributed by atoms with Crippen LogP contribution >= 0.6 is 0 Å². The van der Waals surface area contributed by atoms with E-state index in [9.17, 15) is 49.4 Å². The topological polar surface area (TPSA) is 220 Å². The van der Waals surface area contributed by atoms with Crippen molar-refractivity contribution in [3.05, 3.63) is 45.5 Å². The molecule has 8 atom stereocenters. The van der Waals surface area contributed by atoms with Crippen molar-refractivity contribution in [2.45, 2.75) is 95.8 Å². The minimum atomic E-state index is -1.82. The molecule has 3 fully saturated rings. The fourth-order valence-electron chi connectivity index (χ4n) is 9.38. The Balaban J connectivity index is 1.16. The maximum absolute atomic E-state index is 13.5. The average molecular weight is 685 g/mol. The molecule has 0 heterocycles. The molecule has 49 heavy (non-hydrogen) atoms. The van der Waals surface area contributed by atoms with Crippen LogP contribution in [-0.2, 0) is 39.9 Å². The van der Waals surface area contributed by atoms with Gasteiger partial charge in [0.1, 0.15) is 11.6 Å². The number of nitrogens with zero attached hydrogens (tertiary/aromatic N) is 1. The number of aliphatic hydroxyl groups is 2. The molecule has 3 saturated carbocycles. The van der Waals surface area contributed by atoms with Gasteiger partial charge in [-0.1, -0.05) is 25.5 Å². The summed E-state index contributed by atoms with van der Waals surface area (Å²) in [5.74, 6) is -3.60. The number of carbonyl (C=O) groups excluding carboxylic acids is 5. The van der Waals surface area contributed by atoms with Gasteiger partial charge in [0.25, 0.3) is 0 Å². The third kappa shape index (κ3) is 6.60. The third-order valence-electron chi connectivity index (χ3n) is 11.9. The molecular weight excluding hydrogens is 640 g/mol. The zero-order chi connectivity index (χ0) is 35.9. The summed E-state index contributed by atoms with van der Waals surface area (Å²) in [6.45, 7) is 3.25. The number of aromatic hydroxyl groups is 1. The Morgan fingerprint density at radius 1 is 1.12 bits per heavy atom. The molecule has 14 nitrogen and oxygen atoms in total. The standard InChI is InChI=1S/C35H44N2O12/c1-33-12-10-21(38)16-20(33)5-6-22-23-11-13-35(45,34(23,2)17-27(40)31(22)33)28(41)18-49-30(43)9-8-29(42)36-24(32(44)48-3)14-19-4-7-26(39)25(15-19)37(46)47/h4,7,15-16,22-24,27,31,39-40,45H,5-6,8-14,17-18H2,1-3H3,(H,36,42)/t22-,23-,24?,27-,31+,33-,34-,35-/m0/s1. The van der Waals surface area contributed by atoms with E-state index in [-0.39, 0.29) is 53.8 Å². The quantitative estimate of drug-likeness (QED) is 0.150. The van der Waals surface area contributed by atoms with E-state index < -0.39 is 82.6 Å². The number of esters is 2. The number of ether oxygens (including phenoxy) is 2. The van der Waals surface area contributed by atoms with Crippen LogP contribution in [-0.4, -0.2) is 81.1 Å². The van der Waals surface area contributed by atoms with E-state index in [0.29, 0.717) is 19.3 Å². The van der Waals surface area contributed by atoms with Gasteiger partial charge in [-0.15, -0.1) is 0 Å². The zero-order valence-electron chi connectivity index (χ0n) is 27.9. The van der Waals surface area contributed by atoms with Crippen LogP contribution in [0, 0.1) is 38.7 Å². The fraction of sp³-hybridized carbons (Fsp3) is 0.629. The second kappa shape index (κ2) is 13.6. The number of phenolic OH excluding ortho intramolecular Hbond substituents is 1. The highest BCUT2D eigenvalue weighted by molar-refractivity contribution is 5.92. The molecule has 0 spiro atoms. The van der Waals surface area contributed by atoms with Crippen molar-refractivity contribution >= 4 is 35.1 Å². The molecule has 0 saturated heterocycles. The van der Waals surface area contributed by atoms with Crippen molar-refractivity contribution in [2.75, 3.05) is 13.7 Å². The Labute approximate surface area is 283 Å². The molecule has 1 aromatic carbocycles. The van der Waals surface area contributed by atoms with Gasteiger partial charge >= 0.3 is 17.6 Å². The van der Waals surface area contributed by atoms with Gasteiger partial charge in [-0.2, -0.15) is 0 Å². The molecule has 1 aromatic rings. The van der Waals surface area contributed by atoms with E-state index in [4.69, 9.17) is 9.47 Å². The molecule has 0 aliphatic heterocycles. The lowest BCUT2D eigenvalue weighted by Gasteiger charge is -2.60. The van der Waals surface area contributed by atoms with Gasteiger partial charge in [-0.25, -0.2) is 4.79 Å². The number of allylic oxidation sites excluding steroid dienone is 1. The van der Waals surface area contributed by atoms with Crippen molar-refractivity contribution in [1.29, 1.82) is 0 Å². The monoisotopic (exact) mass is 684 g/mol. The number of hydrogen-bond donors (Lipinski definition) is 4. The van der Waals surface area contributed by atoms with E-state index >= 15 is 0 Å². The van der Waals surface area contributed by atoms with Gasteiger partial charge in [0.05, 0.1) is 24.6 Å². The largest absolute Gasteiger partial charge is 0.502 e. The number of nitrogens with one attached hydrogen (secondary N) is 1. The molecule has 4 aliphatic carbocycles. The van der Waals surface area contributed by atoms with Gasteiger partial charge in [0.15, 0.2) is 18.1 Å². The van der Waals surface area contributed by atoms with E-state index in [2.05, 4.69) is 12.2 Å². The van der Waals surface area contributed by atoms with Crippen LogP contribution in [0.1, 0.15) is 77.2 Å². The molecular formula is C35H44N2O12. The maximum atomic E-state index is 13.5. The zero-order valence-corrected chi connectivity index (χ0v) is 27.9. The molecule has 4 aliphatic rings. The smallest absolute Gasteiger partial charge is 0.328 e.